The van der Waals surface area contributed by atoms with Crippen molar-refractivity contribution in [2.45, 2.75) is 5.37 Å². The Kier molecular flexibility index (Phi) is 4.40. The van der Waals surface area contributed by atoms with Crippen molar-refractivity contribution in [3.63, 3.8) is 0 Å². The van der Waals surface area contributed by atoms with Gasteiger partial charge in [-0.3, -0.25) is 4.79 Å². The molecule has 0 bridgehead atoms. The van der Waals surface area contributed by atoms with Crippen molar-refractivity contribution in [1.29, 1.82) is 0 Å². The summed E-state index contributed by atoms with van der Waals surface area (Å²) < 4.78 is 7.92. The third-order valence-corrected chi connectivity index (χ3v) is 5.74. The molecule has 3 aromatic rings. The Morgan fingerprint density at radius 2 is 1.88 bits per heavy atom. The fraction of sp³-hybridized carbons (Fsp3) is 0.250. The summed E-state index contributed by atoms with van der Waals surface area (Å²) in [6.45, 7) is 1.09. The zero-order valence-corrected chi connectivity index (χ0v) is 14.9. The Hall–Kier alpha value is -2.40. The third-order valence-electron chi connectivity index (χ3n) is 4.51. The molecule has 2 aromatic carbocycles. The van der Waals surface area contributed by atoms with E-state index >= 15 is 0 Å². The number of fused-ring (bicyclic) bond motifs is 1. The minimum Gasteiger partial charge on any atom is -0.492 e. The molecule has 1 amide bonds. The highest BCUT2D eigenvalue weighted by molar-refractivity contribution is 8.00. The number of aryl methyl sites for hydroxylation is 1. The molecule has 128 valence electrons. The standard InChI is InChI=1S/C20H20N2O2S/c1-21-13-17(16-9-5-6-10-18(16)21)20-22(19(23)14-25-20)11-12-24-15-7-3-2-4-8-15/h2-10,13,20H,11-12,14H2,1H3. The Bertz CT molecular complexity index is 891. The molecule has 5 heteroatoms. The molecule has 0 radical (unpaired) electrons. The Morgan fingerprint density at radius 1 is 1.12 bits per heavy atom. The van der Waals surface area contributed by atoms with Gasteiger partial charge in [0.1, 0.15) is 17.7 Å². The second-order valence-electron chi connectivity index (χ2n) is 6.12. The van der Waals surface area contributed by atoms with E-state index in [0.717, 1.165) is 5.75 Å². The largest absolute Gasteiger partial charge is 0.492 e. The van der Waals surface area contributed by atoms with Crippen molar-refractivity contribution in [3.05, 3.63) is 66.4 Å². The van der Waals surface area contributed by atoms with E-state index in [4.69, 9.17) is 4.74 Å². The first-order chi connectivity index (χ1) is 12.2. The maximum atomic E-state index is 12.4. The number of benzene rings is 2. The molecule has 1 aliphatic heterocycles. The Balaban J connectivity index is 1.53. The summed E-state index contributed by atoms with van der Waals surface area (Å²) in [5.74, 6) is 1.54. The van der Waals surface area contributed by atoms with Crippen LogP contribution in [0.4, 0.5) is 0 Å². The van der Waals surface area contributed by atoms with E-state index in [1.807, 2.05) is 41.3 Å². The van der Waals surface area contributed by atoms with Crippen molar-refractivity contribution in [2.75, 3.05) is 18.9 Å². The van der Waals surface area contributed by atoms with E-state index < -0.39 is 0 Å². The molecule has 4 rings (SSSR count). The average Bonchev–Trinajstić information content (AvgIpc) is 3.17. The molecular weight excluding hydrogens is 332 g/mol. The summed E-state index contributed by atoms with van der Waals surface area (Å²) >= 11 is 1.69. The average molecular weight is 352 g/mol. The van der Waals surface area contributed by atoms with Gasteiger partial charge in [-0.15, -0.1) is 11.8 Å². The summed E-state index contributed by atoms with van der Waals surface area (Å²) in [6, 6.07) is 18.1. The molecule has 1 aliphatic rings. The van der Waals surface area contributed by atoms with E-state index in [-0.39, 0.29) is 11.3 Å². The summed E-state index contributed by atoms with van der Waals surface area (Å²) in [5.41, 5.74) is 2.39. The second-order valence-corrected chi connectivity index (χ2v) is 7.19. The van der Waals surface area contributed by atoms with Crippen molar-refractivity contribution in [3.8, 4) is 5.75 Å². The van der Waals surface area contributed by atoms with Gasteiger partial charge < -0.3 is 14.2 Å². The van der Waals surface area contributed by atoms with Gasteiger partial charge in [0.15, 0.2) is 0 Å². The quantitative estimate of drug-likeness (QED) is 0.700. The van der Waals surface area contributed by atoms with Crippen molar-refractivity contribution >= 4 is 28.6 Å². The van der Waals surface area contributed by atoms with Crippen molar-refractivity contribution in [2.24, 2.45) is 7.05 Å². The van der Waals surface area contributed by atoms with Crippen LogP contribution in [0.1, 0.15) is 10.9 Å². The van der Waals surface area contributed by atoms with Gasteiger partial charge in [-0.2, -0.15) is 0 Å². The van der Waals surface area contributed by atoms with Gasteiger partial charge in [0.05, 0.1) is 12.3 Å². The lowest BCUT2D eigenvalue weighted by Gasteiger charge is -2.23. The van der Waals surface area contributed by atoms with Gasteiger partial charge in [-0.1, -0.05) is 36.4 Å². The normalized spacial score (nSPS) is 17.4. The lowest BCUT2D eigenvalue weighted by Crippen LogP contribution is -2.32. The van der Waals surface area contributed by atoms with E-state index in [2.05, 4.69) is 36.0 Å². The summed E-state index contributed by atoms with van der Waals surface area (Å²) in [7, 11) is 2.05. The van der Waals surface area contributed by atoms with Crippen LogP contribution in [0.5, 0.6) is 5.75 Å². The molecule has 0 aliphatic carbocycles. The minimum atomic E-state index is 0.0537. The summed E-state index contributed by atoms with van der Waals surface area (Å²) in [4.78, 5) is 14.3. The highest BCUT2D eigenvalue weighted by Crippen LogP contribution is 2.41. The van der Waals surface area contributed by atoms with Crippen LogP contribution in [0.15, 0.2) is 60.8 Å². The number of thioether (sulfide) groups is 1. The number of carbonyl (C=O) groups is 1. The molecular formula is C20H20N2O2S. The van der Waals surface area contributed by atoms with Gasteiger partial charge >= 0.3 is 0 Å². The van der Waals surface area contributed by atoms with Crippen molar-refractivity contribution in [1.82, 2.24) is 9.47 Å². The number of rotatable bonds is 5. The first-order valence-electron chi connectivity index (χ1n) is 8.37. The smallest absolute Gasteiger partial charge is 0.233 e. The van der Waals surface area contributed by atoms with Crippen LogP contribution in [0.3, 0.4) is 0 Å². The fourth-order valence-corrected chi connectivity index (χ4v) is 4.54. The molecule has 2 heterocycles. The third kappa shape index (κ3) is 3.12. The lowest BCUT2D eigenvalue weighted by molar-refractivity contribution is -0.128. The molecule has 1 fully saturated rings. The molecule has 4 nitrogen and oxygen atoms in total. The van der Waals surface area contributed by atoms with Crippen LogP contribution in [0, 0.1) is 0 Å². The highest BCUT2D eigenvalue weighted by atomic mass is 32.2. The number of para-hydroxylation sites is 2. The van der Waals surface area contributed by atoms with Crippen LogP contribution in [-0.4, -0.2) is 34.3 Å². The molecule has 1 atom stereocenters. The number of carbonyl (C=O) groups excluding carboxylic acids is 1. The zero-order chi connectivity index (χ0) is 17.2. The molecule has 0 spiro atoms. The second kappa shape index (κ2) is 6.84. The lowest BCUT2D eigenvalue weighted by atomic mass is 10.1. The Labute approximate surface area is 151 Å². The number of hydrogen-bond acceptors (Lipinski definition) is 3. The van der Waals surface area contributed by atoms with E-state index in [0.29, 0.717) is 18.9 Å². The van der Waals surface area contributed by atoms with Crippen molar-refractivity contribution < 1.29 is 9.53 Å². The maximum Gasteiger partial charge on any atom is 0.233 e. The predicted molar refractivity (Wildman–Crippen MR) is 102 cm³/mol. The first kappa shape index (κ1) is 16.1. The van der Waals surface area contributed by atoms with E-state index in [9.17, 15) is 4.79 Å². The summed E-state index contributed by atoms with van der Waals surface area (Å²) in [6.07, 6.45) is 2.14. The predicted octanol–water partition coefficient (Wildman–Crippen LogP) is 3.83. The number of hydrogen-bond donors (Lipinski definition) is 0. The monoisotopic (exact) mass is 352 g/mol. The number of ether oxygens (including phenoxy) is 1. The highest BCUT2D eigenvalue weighted by Gasteiger charge is 2.34. The molecule has 1 saturated heterocycles. The van der Waals surface area contributed by atoms with Gasteiger partial charge in [-0.25, -0.2) is 0 Å². The van der Waals surface area contributed by atoms with Gasteiger partial charge in [0.25, 0.3) is 0 Å². The van der Waals surface area contributed by atoms with Gasteiger partial charge in [0.2, 0.25) is 5.91 Å². The van der Waals surface area contributed by atoms with Crippen LogP contribution >= 0.6 is 11.8 Å². The number of amides is 1. The summed E-state index contributed by atoms with van der Waals surface area (Å²) in [5, 5.41) is 1.27. The van der Waals surface area contributed by atoms with Crippen LogP contribution in [-0.2, 0) is 11.8 Å². The topological polar surface area (TPSA) is 34.5 Å². The van der Waals surface area contributed by atoms with E-state index in [1.54, 1.807) is 11.8 Å². The first-order valence-corrected chi connectivity index (χ1v) is 9.42. The maximum absolute atomic E-state index is 12.4. The van der Waals surface area contributed by atoms with E-state index in [1.165, 1.54) is 16.5 Å². The van der Waals surface area contributed by atoms with Crippen LogP contribution in [0.2, 0.25) is 0 Å². The molecule has 1 aromatic heterocycles. The fourth-order valence-electron chi connectivity index (χ4n) is 3.30. The SMILES string of the molecule is Cn1cc(C2SCC(=O)N2CCOc2ccccc2)c2ccccc21. The number of aromatic nitrogens is 1. The van der Waals surface area contributed by atoms with Crippen LogP contribution < -0.4 is 4.74 Å². The molecule has 25 heavy (non-hydrogen) atoms. The Morgan fingerprint density at radius 3 is 2.72 bits per heavy atom. The minimum absolute atomic E-state index is 0.0537. The zero-order valence-electron chi connectivity index (χ0n) is 14.1. The van der Waals surface area contributed by atoms with Gasteiger partial charge in [-0.05, 0) is 18.2 Å². The van der Waals surface area contributed by atoms with Crippen LogP contribution in [0.25, 0.3) is 10.9 Å². The van der Waals surface area contributed by atoms with Gasteiger partial charge in [0, 0.05) is 29.7 Å². The molecule has 0 saturated carbocycles. The molecule has 1 unspecified atom stereocenters. The molecule has 0 N–H and O–H groups in total. The number of nitrogens with zero attached hydrogens (tertiary/aromatic N) is 2.